The second kappa shape index (κ2) is 4.78. The number of anilines is 1. The lowest BCUT2D eigenvalue weighted by molar-refractivity contribution is 0.0156. The van der Waals surface area contributed by atoms with Crippen LogP contribution >= 0.6 is 0 Å². The average Bonchev–Trinajstić information content (AvgIpc) is 2.27. The van der Waals surface area contributed by atoms with E-state index in [0.29, 0.717) is 5.82 Å². The number of aromatic nitrogens is 2. The molecule has 4 heteroatoms. The van der Waals surface area contributed by atoms with E-state index in [1.54, 1.807) is 0 Å². The molecule has 1 unspecified atom stereocenters. The van der Waals surface area contributed by atoms with Crippen molar-refractivity contribution in [2.24, 2.45) is 0 Å². The van der Waals surface area contributed by atoms with Gasteiger partial charge in [0, 0.05) is 24.3 Å². The highest BCUT2D eigenvalue weighted by atomic mass is 16.5. The summed E-state index contributed by atoms with van der Waals surface area (Å²) < 4.78 is 5.67. The number of hydrogen-bond donors (Lipinski definition) is 1. The summed E-state index contributed by atoms with van der Waals surface area (Å²) in [6, 6.07) is 0. The maximum Gasteiger partial charge on any atom is 0.133 e. The van der Waals surface area contributed by atoms with Crippen LogP contribution in [0.3, 0.4) is 0 Å². The molecule has 0 saturated carbocycles. The zero-order valence-corrected chi connectivity index (χ0v) is 9.99. The summed E-state index contributed by atoms with van der Waals surface area (Å²) in [5.41, 5.74) is 7.79. The Balaban J connectivity index is 2.09. The lowest BCUT2D eigenvalue weighted by Crippen LogP contribution is -2.23. The molecule has 1 aliphatic rings. The molecular formula is C12H19N3O. The lowest BCUT2D eigenvalue weighted by Gasteiger charge is -2.22. The number of hydrogen-bond acceptors (Lipinski definition) is 4. The molecule has 0 aromatic carbocycles. The summed E-state index contributed by atoms with van der Waals surface area (Å²) in [5, 5.41) is 0. The number of nitrogens with zero attached hydrogens (tertiary/aromatic N) is 2. The van der Waals surface area contributed by atoms with Crippen LogP contribution in [0.1, 0.15) is 36.3 Å². The molecule has 1 saturated heterocycles. The second-order valence-electron chi connectivity index (χ2n) is 4.43. The molecule has 1 aromatic heterocycles. The Kier molecular flexibility index (Phi) is 3.39. The zero-order valence-electron chi connectivity index (χ0n) is 9.99. The largest absolute Gasteiger partial charge is 0.383 e. The van der Waals surface area contributed by atoms with Crippen LogP contribution in [0.15, 0.2) is 0 Å². The maximum absolute atomic E-state index is 5.83. The Morgan fingerprint density at radius 3 is 2.75 bits per heavy atom. The van der Waals surface area contributed by atoms with Crippen molar-refractivity contribution in [1.82, 2.24) is 9.97 Å². The first-order chi connectivity index (χ1) is 7.66. The SMILES string of the molecule is Cc1nc(CC2CCCCO2)nc(N)c1C. The van der Waals surface area contributed by atoms with Gasteiger partial charge in [-0.05, 0) is 33.1 Å². The van der Waals surface area contributed by atoms with Crippen molar-refractivity contribution >= 4 is 5.82 Å². The summed E-state index contributed by atoms with van der Waals surface area (Å²) in [6.45, 7) is 4.79. The number of rotatable bonds is 2. The van der Waals surface area contributed by atoms with Crippen LogP contribution in [-0.2, 0) is 11.2 Å². The van der Waals surface area contributed by atoms with Gasteiger partial charge in [0.25, 0.3) is 0 Å². The molecule has 2 rings (SSSR count). The predicted octanol–water partition coefficient (Wildman–Crippen LogP) is 1.79. The van der Waals surface area contributed by atoms with Gasteiger partial charge in [-0.2, -0.15) is 0 Å². The normalized spacial score (nSPS) is 21.0. The van der Waals surface area contributed by atoms with E-state index in [1.807, 2.05) is 13.8 Å². The molecule has 1 aromatic rings. The smallest absolute Gasteiger partial charge is 0.133 e. The molecule has 16 heavy (non-hydrogen) atoms. The zero-order chi connectivity index (χ0) is 11.5. The summed E-state index contributed by atoms with van der Waals surface area (Å²) >= 11 is 0. The molecule has 2 N–H and O–H groups in total. The topological polar surface area (TPSA) is 61.0 Å². The van der Waals surface area contributed by atoms with Crippen LogP contribution in [0, 0.1) is 13.8 Å². The van der Waals surface area contributed by atoms with Gasteiger partial charge in [-0.1, -0.05) is 0 Å². The van der Waals surface area contributed by atoms with Crippen molar-refractivity contribution in [3.63, 3.8) is 0 Å². The predicted molar refractivity (Wildman–Crippen MR) is 63.2 cm³/mol. The fraction of sp³-hybridized carbons (Fsp3) is 0.667. The molecule has 1 aliphatic heterocycles. The first-order valence-corrected chi connectivity index (χ1v) is 5.88. The fourth-order valence-corrected chi connectivity index (χ4v) is 1.97. The third-order valence-electron chi connectivity index (χ3n) is 3.16. The minimum atomic E-state index is 0.273. The van der Waals surface area contributed by atoms with Crippen LogP contribution < -0.4 is 5.73 Å². The Morgan fingerprint density at radius 1 is 1.31 bits per heavy atom. The molecule has 88 valence electrons. The van der Waals surface area contributed by atoms with E-state index >= 15 is 0 Å². The van der Waals surface area contributed by atoms with Gasteiger partial charge in [-0.15, -0.1) is 0 Å². The molecule has 0 radical (unpaired) electrons. The minimum Gasteiger partial charge on any atom is -0.383 e. The van der Waals surface area contributed by atoms with E-state index in [0.717, 1.165) is 36.5 Å². The molecule has 0 bridgehead atoms. The van der Waals surface area contributed by atoms with Crippen LogP contribution in [0.25, 0.3) is 0 Å². The number of nitrogens with two attached hydrogens (primary N) is 1. The second-order valence-corrected chi connectivity index (χ2v) is 4.43. The van der Waals surface area contributed by atoms with Gasteiger partial charge >= 0.3 is 0 Å². The van der Waals surface area contributed by atoms with Crippen molar-refractivity contribution in [1.29, 1.82) is 0 Å². The minimum absolute atomic E-state index is 0.273. The van der Waals surface area contributed by atoms with Gasteiger partial charge < -0.3 is 10.5 Å². The van der Waals surface area contributed by atoms with Gasteiger partial charge in [0.15, 0.2) is 0 Å². The molecule has 2 heterocycles. The van der Waals surface area contributed by atoms with Crippen molar-refractivity contribution in [3.8, 4) is 0 Å². The fourth-order valence-electron chi connectivity index (χ4n) is 1.97. The third-order valence-corrected chi connectivity index (χ3v) is 3.16. The summed E-state index contributed by atoms with van der Waals surface area (Å²) in [4.78, 5) is 8.77. The summed E-state index contributed by atoms with van der Waals surface area (Å²) in [7, 11) is 0. The third kappa shape index (κ3) is 2.50. The Bertz CT molecular complexity index is 350. The number of aryl methyl sites for hydroxylation is 1. The number of nitrogen functional groups attached to an aromatic ring is 1. The van der Waals surface area contributed by atoms with Crippen molar-refractivity contribution in [2.45, 2.75) is 45.6 Å². The Labute approximate surface area is 96.2 Å². The highest BCUT2D eigenvalue weighted by molar-refractivity contribution is 5.40. The van der Waals surface area contributed by atoms with Crippen LogP contribution in [0.5, 0.6) is 0 Å². The molecule has 1 fully saturated rings. The van der Waals surface area contributed by atoms with E-state index in [4.69, 9.17) is 10.5 Å². The average molecular weight is 221 g/mol. The van der Waals surface area contributed by atoms with E-state index in [-0.39, 0.29) is 6.10 Å². The van der Waals surface area contributed by atoms with E-state index < -0.39 is 0 Å². The van der Waals surface area contributed by atoms with Gasteiger partial charge in [-0.3, -0.25) is 0 Å². The van der Waals surface area contributed by atoms with Gasteiger partial charge in [0.05, 0.1) is 6.10 Å². The Morgan fingerprint density at radius 2 is 2.12 bits per heavy atom. The molecular weight excluding hydrogens is 202 g/mol. The van der Waals surface area contributed by atoms with E-state index in [1.165, 1.54) is 12.8 Å². The molecule has 0 aliphatic carbocycles. The number of ether oxygens (including phenoxy) is 1. The molecule has 4 nitrogen and oxygen atoms in total. The molecule has 0 spiro atoms. The standard InChI is InChI=1S/C12H19N3O/c1-8-9(2)14-11(15-12(8)13)7-10-5-3-4-6-16-10/h10H,3-7H2,1-2H3,(H2,13,14,15). The summed E-state index contributed by atoms with van der Waals surface area (Å²) in [5.74, 6) is 1.41. The molecule has 1 atom stereocenters. The van der Waals surface area contributed by atoms with E-state index in [2.05, 4.69) is 9.97 Å². The quantitative estimate of drug-likeness (QED) is 0.827. The van der Waals surface area contributed by atoms with Crippen molar-refractivity contribution < 1.29 is 4.74 Å². The summed E-state index contributed by atoms with van der Waals surface area (Å²) in [6.07, 6.45) is 4.58. The van der Waals surface area contributed by atoms with Crippen LogP contribution in [0.4, 0.5) is 5.82 Å². The molecule has 0 amide bonds. The highest BCUT2D eigenvalue weighted by Crippen LogP contribution is 2.17. The highest BCUT2D eigenvalue weighted by Gasteiger charge is 2.16. The maximum atomic E-state index is 5.83. The first kappa shape index (κ1) is 11.3. The van der Waals surface area contributed by atoms with Crippen molar-refractivity contribution in [2.75, 3.05) is 12.3 Å². The van der Waals surface area contributed by atoms with Gasteiger partial charge in [0.2, 0.25) is 0 Å². The van der Waals surface area contributed by atoms with Gasteiger partial charge in [0.1, 0.15) is 11.6 Å². The monoisotopic (exact) mass is 221 g/mol. The van der Waals surface area contributed by atoms with Gasteiger partial charge in [-0.25, -0.2) is 9.97 Å². The van der Waals surface area contributed by atoms with Crippen LogP contribution in [0.2, 0.25) is 0 Å². The Hall–Kier alpha value is -1.16. The first-order valence-electron chi connectivity index (χ1n) is 5.88. The lowest BCUT2D eigenvalue weighted by atomic mass is 10.1. The van der Waals surface area contributed by atoms with E-state index in [9.17, 15) is 0 Å². The van der Waals surface area contributed by atoms with Crippen LogP contribution in [-0.4, -0.2) is 22.7 Å². The van der Waals surface area contributed by atoms with Crippen molar-refractivity contribution in [3.05, 3.63) is 17.1 Å².